The molecule has 1 aromatic rings. The van der Waals surface area contributed by atoms with Crippen molar-refractivity contribution in [3.8, 4) is 0 Å². The Bertz CT molecular complexity index is 267. The van der Waals surface area contributed by atoms with E-state index < -0.39 is 0 Å². The second kappa shape index (κ2) is 2.77. The molecular formula is C8H13N3O. The van der Waals surface area contributed by atoms with Crippen LogP contribution in [0.15, 0.2) is 4.42 Å². The van der Waals surface area contributed by atoms with Gasteiger partial charge < -0.3 is 9.32 Å². The molecule has 0 amide bonds. The summed E-state index contributed by atoms with van der Waals surface area (Å²) in [6.07, 6.45) is 2.69. The molecule has 0 aliphatic heterocycles. The first-order chi connectivity index (χ1) is 5.75. The summed E-state index contributed by atoms with van der Waals surface area (Å²) < 4.78 is 5.28. The predicted molar refractivity (Wildman–Crippen MR) is 45.0 cm³/mol. The van der Waals surface area contributed by atoms with Gasteiger partial charge in [-0.2, -0.15) is 0 Å². The minimum absolute atomic E-state index is 0.632. The first kappa shape index (κ1) is 7.58. The van der Waals surface area contributed by atoms with Crippen LogP contribution in [0.3, 0.4) is 0 Å². The first-order valence-corrected chi connectivity index (χ1v) is 4.27. The topological polar surface area (TPSA) is 42.2 Å². The van der Waals surface area contributed by atoms with Crippen LogP contribution < -0.4 is 4.90 Å². The molecule has 0 aromatic carbocycles. The van der Waals surface area contributed by atoms with E-state index in [0.717, 1.165) is 12.5 Å². The molecule has 1 aromatic heterocycles. The lowest BCUT2D eigenvalue weighted by molar-refractivity contribution is 0.508. The smallest absolute Gasteiger partial charge is 0.317 e. The van der Waals surface area contributed by atoms with Crippen LogP contribution in [0.1, 0.15) is 18.7 Å². The predicted octanol–water partition coefficient (Wildman–Crippen LogP) is 1.22. The highest BCUT2D eigenvalue weighted by molar-refractivity contribution is 5.22. The lowest BCUT2D eigenvalue weighted by atomic mass is 10.4. The molecule has 1 heterocycles. The fourth-order valence-electron chi connectivity index (χ4n) is 1.21. The van der Waals surface area contributed by atoms with Crippen LogP contribution in [0.2, 0.25) is 0 Å². The third-order valence-electron chi connectivity index (χ3n) is 2.07. The average Bonchev–Trinajstić information content (AvgIpc) is 2.72. The Labute approximate surface area is 71.6 Å². The molecule has 0 atom stereocenters. The lowest BCUT2D eigenvalue weighted by Gasteiger charge is -2.11. The molecule has 1 aliphatic rings. The van der Waals surface area contributed by atoms with Gasteiger partial charge in [-0.25, -0.2) is 0 Å². The van der Waals surface area contributed by atoms with Gasteiger partial charge in [0, 0.05) is 20.5 Å². The lowest BCUT2D eigenvalue weighted by Crippen LogP contribution is -2.20. The van der Waals surface area contributed by atoms with Crippen molar-refractivity contribution in [3.63, 3.8) is 0 Å². The Morgan fingerprint density at radius 2 is 2.25 bits per heavy atom. The molecule has 0 bridgehead atoms. The number of aryl methyl sites for hydroxylation is 1. The summed E-state index contributed by atoms with van der Waals surface area (Å²) in [5.41, 5.74) is 0. The van der Waals surface area contributed by atoms with E-state index in [2.05, 4.69) is 10.2 Å². The number of hydrogen-bond acceptors (Lipinski definition) is 4. The number of aromatic nitrogens is 2. The van der Waals surface area contributed by atoms with Gasteiger partial charge in [0.05, 0.1) is 0 Å². The van der Waals surface area contributed by atoms with Crippen molar-refractivity contribution in [2.24, 2.45) is 5.92 Å². The Balaban J connectivity index is 1.97. The van der Waals surface area contributed by atoms with Gasteiger partial charge in [-0.3, -0.25) is 0 Å². The molecule has 0 spiro atoms. The molecule has 2 rings (SSSR count). The zero-order valence-corrected chi connectivity index (χ0v) is 7.45. The van der Waals surface area contributed by atoms with Crippen molar-refractivity contribution < 1.29 is 4.42 Å². The van der Waals surface area contributed by atoms with E-state index in [1.165, 1.54) is 12.8 Å². The standard InChI is InChI=1S/C8H13N3O/c1-6-9-10-8(12-6)11(2)5-7-3-4-7/h7H,3-5H2,1-2H3. The quantitative estimate of drug-likeness (QED) is 0.679. The molecule has 4 heteroatoms. The fourth-order valence-corrected chi connectivity index (χ4v) is 1.21. The Kier molecular flexibility index (Phi) is 1.75. The van der Waals surface area contributed by atoms with Crippen LogP contribution in [0, 0.1) is 12.8 Å². The SMILES string of the molecule is Cc1nnc(N(C)CC2CC2)o1. The summed E-state index contributed by atoms with van der Waals surface area (Å²) in [7, 11) is 1.99. The van der Waals surface area contributed by atoms with Gasteiger partial charge in [0.25, 0.3) is 0 Å². The highest BCUT2D eigenvalue weighted by atomic mass is 16.4. The van der Waals surface area contributed by atoms with E-state index in [1.807, 2.05) is 18.9 Å². The molecule has 66 valence electrons. The summed E-state index contributed by atoms with van der Waals surface area (Å²) in [6.45, 7) is 2.85. The zero-order valence-electron chi connectivity index (χ0n) is 7.45. The van der Waals surface area contributed by atoms with E-state index in [-0.39, 0.29) is 0 Å². The first-order valence-electron chi connectivity index (χ1n) is 4.27. The van der Waals surface area contributed by atoms with Gasteiger partial charge in [0.2, 0.25) is 5.89 Å². The molecule has 1 fully saturated rings. The Morgan fingerprint density at radius 3 is 2.75 bits per heavy atom. The van der Waals surface area contributed by atoms with Gasteiger partial charge in [0.1, 0.15) is 0 Å². The van der Waals surface area contributed by atoms with Crippen molar-refractivity contribution in [1.82, 2.24) is 10.2 Å². The van der Waals surface area contributed by atoms with Crippen LogP contribution in [0.5, 0.6) is 0 Å². The van der Waals surface area contributed by atoms with Crippen molar-refractivity contribution in [3.05, 3.63) is 5.89 Å². The van der Waals surface area contributed by atoms with Gasteiger partial charge in [-0.15, -0.1) is 5.10 Å². The molecule has 1 aliphatic carbocycles. The maximum atomic E-state index is 5.28. The van der Waals surface area contributed by atoms with Gasteiger partial charge in [-0.1, -0.05) is 5.10 Å². The van der Waals surface area contributed by atoms with Crippen LogP contribution in [-0.2, 0) is 0 Å². The van der Waals surface area contributed by atoms with Crippen molar-refractivity contribution in [2.75, 3.05) is 18.5 Å². The maximum absolute atomic E-state index is 5.28. The summed E-state index contributed by atoms with van der Waals surface area (Å²) in [6, 6.07) is 0.638. The summed E-state index contributed by atoms with van der Waals surface area (Å²) in [5, 5.41) is 7.71. The van der Waals surface area contributed by atoms with Gasteiger partial charge in [0.15, 0.2) is 0 Å². The van der Waals surface area contributed by atoms with Gasteiger partial charge in [-0.05, 0) is 18.8 Å². The molecule has 0 N–H and O–H groups in total. The van der Waals surface area contributed by atoms with Crippen LogP contribution in [0.4, 0.5) is 6.01 Å². The van der Waals surface area contributed by atoms with E-state index in [9.17, 15) is 0 Å². The highest BCUT2D eigenvalue weighted by Crippen LogP contribution is 2.30. The summed E-state index contributed by atoms with van der Waals surface area (Å²) >= 11 is 0. The number of hydrogen-bond donors (Lipinski definition) is 0. The van der Waals surface area contributed by atoms with E-state index in [4.69, 9.17) is 4.42 Å². The third-order valence-corrected chi connectivity index (χ3v) is 2.07. The molecule has 4 nitrogen and oxygen atoms in total. The summed E-state index contributed by atoms with van der Waals surface area (Å²) in [4.78, 5) is 2.03. The second-order valence-electron chi connectivity index (χ2n) is 3.43. The van der Waals surface area contributed by atoms with Crippen LogP contribution in [0.25, 0.3) is 0 Å². The molecule has 0 radical (unpaired) electrons. The molecular weight excluding hydrogens is 154 g/mol. The fraction of sp³-hybridized carbons (Fsp3) is 0.750. The largest absolute Gasteiger partial charge is 0.408 e. The average molecular weight is 167 g/mol. The second-order valence-corrected chi connectivity index (χ2v) is 3.43. The van der Waals surface area contributed by atoms with Crippen molar-refractivity contribution in [1.29, 1.82) is 0 Å². The van der Waals surface area contributed by atoms with E-state index in [0.29, 0.717) is 11.9 Å². The zero-order chi connectivity index (χ0) is 8.55. The summed E-state index contributed by atoms with van der Waals surface area (Å²) in [5.74, 6) is 1.48. The minimum Gasteiger partial charge on any atom is -0.408 e. The van der Waals surface area contributed by atoms with Gasteiger partial charge >= 0.3 is 6.01 Å². The highest BCUT2D eigenvalue weighted by Gasteiger charge is 2.24. The number of rotatable bonds is 3. The normalized spacial score (nSPS) is 16.5. The van der Waals surface area contributed by atoms with Crippen LogP contribution in [-0.4, -0.2) is 23.8 Å². The number of anilines is 1. The molecule has 0 saturated heterocycles. The Hall–Kier alpha value is -1.06. The third kappa shape index (κ3) is 1.57. The van der Waals surface area contributed by atoms with Crippen molar-refractivity contribution in [2.45, 2.75) is 19.8 Å². The number of nitrogens with zero attached hydrogens (tertiary/aromatic N) is 3. The minimum atomic E-state index is 0.632. The van der Waals surface area contributed by atoms with Crippen LogP contribution >= 0.6 is 0 Å². The molecule has 12 heavy (non-hydrogen) atoms. The maximum Gasteiger partial charge on any atom is 0.317 e. The molecule has 0 unspecified atom stereocenters. The van der Waals surface area contributed by atoms with E-state index in [1.54, 1.807) is 0 Å². The Morgan fingerprint density at radius 1 is 1.50 bits per heavy atom. The molecule has 1 saturated carbocycles. The van der Waals surface area contributed by atoms with E-state index >= 15 is 0 Å². The monoisotopic (exact) mass is 167 g/mol. The van der Waals surface area contributed by atoms with Crippen molar-refractivity contribution >= 4 is 6.01 Å².